The molecule has 1 heterocycles. The van der Waals surface area contributed by atoms with Crippen molar-refractivity contribution in [2.45, 2.75) is 25.8 Å². The predicted octanol–water partition coefficient (Wildman–Crippen LogP) is 0.0689. The molecule has 1 saturated heterocycles. The average molecular weight is 257 g/mol. The third-order valence-corrected chi connectivity index (χ3v) is 3.71. The largest absolute Gasteiger partial charge is 0.383 e. The number of piperidine rings is 1. The maximum Gasteiger partial charge on any atom is 0.234 e. The molecule has 5 heteroatoms. The minimum atomic E-state index is 0.102. The molecular formula is C13H27N3O2. The van der Waals surface area contributed by atoms with Crippen LogP contribution in [-0.4, -0.2) is 63.8 Å². The molecule has 0 aromatic heterocycles. The third-order valence-electron chi connectivity index (χ3n) is 3.71. The first-order valence-corrected chi connectivity index (χ1v) is 6.86. The van der Waals surface area contributed by atoms with Crippen LogP contribution in [0.15, 0.2) is 0 Å². The van der Waals surface area contributed by atoms with E-state index in [9.17, 15) is 4.79 Å². The van der Waals surface area contributed by atoms with Crippen molar-refractivity contribution >= 4 is 5.91 Å². The molecular weight excluding hydrogens is 230 g/mol. The van der Waals surface area contributed by atoms with Gasteiger partial charge in [0, 0.05) is 32.8 Å². The Hall–Kier alpha value is -0.650. The number of rotatable bonds is 7. The van der Waals surface area contributed by atoms with Crippen LogP contribution in [0.1, 0.15) is 19.8 Å². The number of likely N-dealkylation sites (tertiary alicyclic amines) is 1. The van der Waals surface area contributed by atoms with Gasteiger partial charge in [-0.15, -0.1) is 0 Å². The zero-order chi connectivity index (χ0) is 13.4. The summed E-state index contributed by atoms with van der Waals surface area (Å²) < 4.78 is 4.91. The number of methoxy groups -OCH3 is 1. The smallest absolute Gasteiger partial charge is 0.234 e. The Bertz CT molecular complexity index is 248. The summed E-state index contributed by atoms with van der Waals surface area (Å²) in [4.78, 5) is 14.0. The van der Waals surface area contributed by atoms with Gasteiger partial charge in [-0.25, -0.2) is 0 Å². The molecule has 2 N–H and O–H groups in total. The molecule has 0 saturated carbocycles. The molecule has 0 aromatic rings. The van der Waals surface area contributed by atoms with E-state index in [-0.39, 0.29) is 5.91 Å². The van der Waals surface area contributed by atoms with Gasteiger partial charge in [0.15, 0.2) is 0 Å². The fourth-order valence-corrected chi connectivity index (χ4v) is 2.60. The molecule has 18 heavy (non-hydrogen) atoms. The van der Waals surface area contributed by atoms with Gasteiger partial charge in [0.25, 0.3) is 0 Å². The van der Waals surface area contributed by atoms with Crippen LogP contribution in [0.4, 0.5) is 0 Å². The Balaban J connectivity index is 2.28. The SMILES string of the molecule is CCC1CN(CC(=O)NCCOC)CCC1NC. The summed E-state index contributed by atoms with van der Waals surface area (Å²) in [6.45, 7) is 5.91. The highest BCUT2D eigenvalue weighted by molar-refractivity contribution is 5.78. The van der Waals surface area contributed by atoms with E-state index >= 15 is 0 Å². The monoisotopic (exact) mass is 257 g/mol. The molecule has 1 aliphatic heterocycles. The molecule has 0 aromatic carbocycles. The van der Waals surface area contributed by atoms with Crippen LogP contribution in [0.2, 0.25) is 0 Å². The summed E-state index contributed by atoms with van der Waals surface area (Å²) in [6, 6.07) is 0.600. The van der Waals surface area contributed by atoms with Crippen molar-refractivity contribution in [3.63, 3.8) is 0 Å². The Morgan fingerprint density at radius 2 is 2.28 bits per heavy atom. The van der Waals surface area contributed by atoms with Crippen LogP contribution in [0.3, 0.4) is 0 Å². The summed E-state index contributed by atoms with van der Waals surface area (Å²) in [5, 5.41) is 6.24. The standard InChI is InChI=1S/C13H27N3O2/c1-4-11-9-16(7-5-12(11)14-2)10-13(17)15-6-8-18-3/h11-12,14H,4-10H2,1-3H3,(H,15,17). The van der Waals surface area contributed by atoms with Gasteiger partial charge in [-0.2, -0.15) is 0 Å². The Morgan fingerprint density at radius 1 is 1.50 bits per heavy atom. The van der Waals surface area contributed by atoms with Gasteiger partial charge < -0.3 is 15.4 Å². The first-order valence-electron chi connectivity index (χ1n) is 6.86. The zero-order valence-electron chi connectivity index (χ0n) is 11.9. The molecule has 0 bridgehead atoms. The second-order valence-electron chi connectivity index (χ2n) is 4.93. The van der Waals surface area contributed by atoms with E-state index in [2.05, 4.69) is 22.5 Å². The number of hydrogen-bond acceptors (Lipinski definition) is 4. The first kappa shape index (κ1) is 15.4. The van der Waals surface area contributed by atoms with Gasteiger partial charge in [-0.1, -0.05) is 13.3 Å². The molecule has 2 atom stereocenters. The van der Waals surface area contributed by atoms with Crippen LogP contribution < -0.4 is 10.6 Å². The van der Waals surface area contributed by atoms with Crippen LogP contribution in [0, 0.1) is 5.92 Å². The highest BCUT2D eigenvalue weighted by Gasteiger charge is 2.27. The van der Waals surface area contributed by atoms with Crippen LogP contribution in [-0.2, 0) is 9.53 Å². The van der Waals surface area contributed by atoms with E-state index in [1.807, 2.05) is 7.05 Å². The Morgan fingerprint density at radius 3 is 2.89 bits per heavy atom. The summed E-state index contributed by atoms with van der Waals surface area (Å²) in [5.74, 6) is 0.750. The lowest BCUT2D eigenvalue weighted by molar-refractivity contribution is -0.123. The lowest BCUT2D eigenvalue weighted by atomic mass is 9.90. The molecule has 0 spiro atoms. The third kappa shape index (κ3) is 4.92. The van der Waals surface area contributed by atoms with Gasteiger partial charge in [-0.05, 0) is 19.4 Å². The van der Waals surface area contributed by atoms with E-state index in [4.69, 9.17) is 4.74 Å². The van der Waals surface area contributed by atoms with E-state index in [0.717, 1.165) is 25.9 Å². The second-order valence-corrected chi connectivity index (χ2v) is 4.93. The van der Waals surface area contributed by atoms with Crippen molar-refractivity contribution in [2.24, 2.45) is 5.92 Å². The molecule has 1 rings (SSSR count). The lowest BCUT2D eigenvalue weighted by Gasteiger charge is -2.37. The maximum absolute atomic E-state index is 11.7. The van der Waals surface area contributed by atoms with Crippen molar-refractivity contribution < 1.29 is 9.53 Å². The van der Waals surface area contributed by atoms with Crippen molar-refractivity contribution in [3.8, 4) is 0 Å². The zero-order valence-corrected chi connectivity index (χ0v) is 11.9. The van der Waals surface area contributed by atoms with Gasteiger partial charge in [0.1, 0.15) is 0 Å². The molecule has 2 unspecified atom stereocenters. The second kappa shape index (κ2) is 8.45. The van der Waals surface area contributed by atoms with E-state index in [0.29, 0.717) is 31.7 Å². The van der Waals surface area contributed by atoms with Gasteiger partial charge in [-0.3, -0.25) is 9.69 Å². The van der Waals surface area contributed by atoms with Crippen LogP contribution in [0.25, 0.3) is 0 Å². The Kier molecular flexibility index (Phi) is 7.23. The fourth-order valence-electron chi connectivity index (χ4n) is 2.60. The number of carbonyl (C=O) groups excluding carboxylic acids is 1. The van der Waals surface area contributed by atoms with Gasteiger partial charge >= 0.3 is 0 Å². The summed E-state index contributed by atoms with van der Waals surface area (Å²) in [7, 11) is 3.67. The van der Waals surface area contributed by atoms with E-state index in [1.54, 1.807) is 7.11 Å². The molecule has 1 aliphatic rings. The summed E-state index contributed by atoms with van der Waals surface area (Å²) >= 11 is 0. The predicted molar refractivity (Wildman–Crippen MR) is 72.6 cm³/mol. The minimum absolute atomic E-state index is 0.102. The van der Waals surface area contributed by atoms with Crippen LogP contribution in [0.5, 0.6) is 0 Å². The van der Waals surface area contributed by atoms with Crippen molar-refractivity contribution in [1.82, 2.24) is 15.5 Å². The van der Waals surface area contributed by atoms with Crippen molar-refractivity contribution in [1.29, 1.82) is 0 Å². The topological polar surface area (TPSA) is 53.6 Å². The number of amides is 1. The molecule has 106 valence electrons. The van der Waals surface area contributed by atoms with Crippen molar-refractivity contribution in [2.75, 3.05) is 46.9 Å². The molecule has 5 nitrogen and oxygen atoms in total. The van der Waals surface area contributed by atoms with E-state index < -0.39 is 0 Å². The summed E-state index contributed by atoms with van der Waals surface area (Å²) in [5.41, 5.74) is 0. The maximum atomic E-state index is 11.7. The quantitative estimate of drug-likeness (QED) is 0.634. The Labute approximate surface area is 110 Å². The van der Waals surface area contributed by atoms with Gasteiger partial charge in [0.05, 0.1) is 13.2 Å². The number of ether oxygens (including phenoxy) is 1. The lowest BCUT2D eigenvalue weighted by Crippen LogP contribution is -2.50. The number of carbonyl (C=O) groups is 1. The van der Waals surface area contributed by atoms with Crippen LogP contribution >= 0.6 is 0 Å². The molecule has 0 radical (unpaired) electrons. The molecule has 0 aliphatic carbocycles. The summed E-state index contributed by atoms with van der Waals surface area (Å²) in [6.07, 6.45) is 2.29. The number of nitrogens with zero attached hydrogens (tertiary/aromatic N) is 1. The van der Waals surface area contributed by atoms with Gasteiger partial charge in [0.2, 0.25) is 5.91 Å². The number of hydrogen-bond donors (Lipinski definition) is 2. The van der Waals surface area contributed by atoms with E-state index in [1.165, 1.54) is 0 Å². The average Bonchev–Trinajstić information content (AvgIpc) is 2.39. The highest BCUT2D eigenvalue weighted by Crippen LogP contribution is 2.19. The molecule has 1 amide bonds. The first-order chi connectivity index (χ1) is 8.71. The highest BCUT2D eigenvalue weighted by atomic mass is 16.5. The molecule has 1 fully saturated rings. The van der Waals surface area contributed by atoms with Crippen molar-refractivity contribution in [3.05, 3.63) is 0 Å². The minimum Gasteiger partial charge on any atom is -0.383 e. The number of nitrogens with one attached hydrogen (secondary N) is 2. The normalized spacial score (nSPS) is 25.1. The fraction of sp³-hybridized carbons (Fsp3) is 0.923.